The summed E-state index contributed by atoms with van der Waals surface area (Å²) >= 11 is 0. The molecule has 0 amide bonds. The maximum atomic E-state index is 8.44. The first-order valence-electron chi connectivity index (χ1n) is 6.45. The van der Waals surface area contributed by atoms with Crippen molar-refractivity contribution in [2.45, 2.75) is 51.4 Å². The Morgan fingerprint density at radius 3 is 2.67 bits per heavy atom. The molecule has 15 heavy (non-hydrogen) atoms. The average molecular weight is 203 g/mol. The van der Waals surface area contributed by atoms with Crippen molar-refractivity contribution in [2.24, 2.45) is 17.8 Å². The van der Waals surface area contributed by atoms with Crippen LogP contribution in [0.3, 0.4) is 0 Å². The van der Waals surface area contributed by atoms with E-state index in [2.05, 4.69) is 18.2 Å². The Kier molecular flexibility index (Phi) is 3.83. The SMILES string of the molecule is N#CCCCCCC1CC2C=CC1CC2. The van der Waals surface area contributed by atoms with Gasteiger partial charge in [-0.05, 0) is 49.9 Å². The quantitative estimate of drug-likeness (QED) is 0.488. The Hall–Kier alpha value is -0.770. The molecule has 1 fully saturated rings. The van der Waals surface area contributed by atoms with Crippen LogP contribution in [-0.4, -0.2) is 0 Å². The number of hydrogen-bond acceptors (Lipinski definition) is 1. The number of nitriles is 1. The lowest BCUT2D eigenvalue weighted by Gasteiger charge is -2.38. The number of unbranched alkanes of at least 4 members (excludes halogenated alkanes) is 3. The van der Waals surface area contributed by atoms with Crippen LogP contribution in [0.1, 0.15) is 51.4 Å². The highest BCUT2D eigenvalue weighted by molar-refractivity contribution is 5.05. The largest absolute Gasteiger partial charge is 0.198 e. The van der Waals surface area contributed by atoms with E-state index in [1.54, 1.807) is 0 Å². The summed E-state index contributed by atoms with van der Waals surface area (Å²) in [6, 6.07) is 2.22. The summed E-state index contributed by atoms with van der Waals surface area (Å²) in [4.78, 5) is 0. The predicted octanol–water partition coefficient (Wildman–Crippen LogP) is 4.06. The first-order chi connectivity index (χ1) is 7.40. The van der Waals surface area contributed by atoms with Crippen molar-refractivity contribution in [1.29, 1.82) is 5.26 Å². The Morgan fingerprint density at radius 1 is 1.13 bits per heavy atom. The molecule has 1 saturated carbocycles. The highest BCUT2D eigenvalue weighted by atomic mass is 14.4. The summed E-state index contributed by atoms with van der Waals surface area (Å²) in [5.41, 5.74) is 0. The van der Waals surface area contributed by atoms with Crippen molar-refractivity contribution >= 4 is 0 Å². The second-order valence-corrected chi connectivity index (χ2v) is 5.14. The lowest BCUT2D eigenvalue weighted by molar-refractivity contribution is 0.205. The third kappa shape index (κ3) is 2.84. The van der Waals surface area contributed by atoms with Crippen LogP contribution >= 0.6 is 0 Å². The molecule has 3 rings (SSSR count). The fraction of sp³-hybridized carbons (Fsp3) is 0.786. The Bertz CT molecular complexity index is 261. The van der Waals surface area contributed by atoms with Crippen molar-refractivity contribution in [3.8, 4) is 6.07 Å². The monoisotopic (exact) mass is 203 g/mol. The molecule has 1 nitrogen and oxygen atoms in total. The molecule has 0 aromatic heterocycles. The standard InChI is InChI=1S/C14H21N/c15-10-4-2-1-3-5-14-11-12-6-8-13(14)9-7-12/h6,8,12-14H,1-5,7,9,11H2. The molecular formula is C14H21N. The molecule has 3 aliphatic rings. The molecule has 2 bridgehead atoms. The minimum Gasteiger partial charge on any atom is -0.198 e. The van der Waals surface area contributed by atoms with E-state index < -0.39 is 0 Å². The van der Waals surface area contributed by atoms with Gasteiger partial charge in [0.15, 0.2) is 0 Å². The number of hydrogen-bond donors (Lipinski definition) is 0. The third-order valence-corrected chi connectivity index (χ3v) is 4.08. The summed E-state index contributed by atoms with van der Waals surface area (Å²) in [7, 11) is 0. The van der Waals surface area contributed by atoms with Gasteiger partial charge < -0.3 is 0 Å². The van der Waals surface area contributed by atoms with Crippen molar-refractivity contribution in [3.05, 3.63) is 12.2 Å². The van der Waals surface area contributed by atoms with E-state index in [1.807, 2.05) is 0 Å². The first kappa shape index (κ1) is 10.7. The van der Waals surface area contributed by atoms with Gasteiger partial charge in [0.2, 0.25) is 0 Å². The highest BCUT2D eigenvalue weighted by Gasteiger charge is 2.30. The Balaban J connectivity index is 1.64. The van der Waals surface area contributed by atoms with Crippen molar-refractivity contribution in [3.63, 3.8) is 0 Å². The summed E-state index contributed by atoms with van der Waals surface area (Å²) in [6.45, 7) is 0. The molecule has 0 spiro atoms. The second kappa shape index (κ2) is 5.35. The lowest BCUT2D eigenvalue weighted by Crippen LogP contribution is -2.27. The fourth-order valence-corrected chi connectivity index (χ4v) is 3.17. The van der Waals surface area contributed by atoms with Gasteiger partial charge in [-0.2, -0.15) is 5.26 Å². The van der Waals surface area contributed by atoms with E-state index in [1.165, 1.54) is 38.5 Å². The Morgan fingerprint density at radius 2 is 2.07 bits per heavy atom. The molecule has 0 aromatic carbocycles. The van der Waals surface area contributed by atoms with Crippen LogP contribution in [0.15, 0.2) is 12.2 Å². The molecule has 0 N–H and O–H groups in total. The molecule has 0 heterocycles. The summed E-state index contributed by atoms with van der Waals surface area (Å²) in [5, 5.41) is 8.44. The predicted molar refractivity (Wildman–Crippen MR) is 62.2 cm³/mol. The molecule has 0 saturated heterocycles. The first-order valence-corrected chi connectivity index (χ1v) is 6.45. The van der Waals surface area contributed by atoms with Crippen LogP contribution in [0.4, 0.5) is 0 Å². The summed E-state index contributed by atoms with van der Waals surface area (Å²) in [6.07, 6.45) is 15.1. The van der Waals surface area contributed by atoms with Gasteiger partial charge in [0, 0.05) is 6.42 Å². The minimum absolute atomic E-state index is 0.747. The molecule has 3 atom stereocenters. The zero-order chi connectivity index (χ0) is 10.5. The second-order valence-electron chi connectivity index (χ2n) is 5.14. The average Bonchev–Trinajstić information content (AvgIpc) is 2.30. The van der Waals surface area contributed by atoms with Crippen molar-refractivity contribution < 1.29 is 0 Å². The molecule has 0 aromatic rings. The van der Waals surface area contributed by atoms with Gasteiger partial charge in [0.25, 0.3) is 0 Å². The molecule has 3 unspecified atom stereocenters. The van der Waals surface area contributed by atoms with Gasteiger partial charge in [-0.25, -0.2) is 0 Å². The van der Waals surface area contributed by atoms with Gasteiger partial charge in [0.05, 0.1) is 6.07 Å². The maximum Gasteiger partial charge on any atom is 0.0621 e. The Labute approximate surface area is 93.2 Å². The topological polar surface area (TPSA) is 23.8 Å². The fourth-order valence-electron chi connectivity index (χ4n) is 3.17. The lowest BCUT2D eigenvalue weighted by atomic mass is 9.67. The van der Waals surface area contributed by atoms with Crippen LogP contribution < -0.4 is 0 Å². The zero-order valence-electron chi connectivity index (χ0n) is 9.49. The van der Waals surface area contributed by atoms with E-state index in [0.29, 0.717) is 0 Å². The molecule has 3 aliphatic carbocycles. The van der Waals surface area contributed by atoms with Crippen LogP contribution in [0, 0.1) is 29.1 Å². The van der Waals surface area contributed by atoms with Crippen molar-refractivity contribution in [1.82, 2.24) is 0 Å². The number of rotatable bonds is 5. The highest BCUT2D eigenvalue weighted by Crippen LogP contribution is 2.42. The molecule has 1 heteroatoms. The molecule has 0 aliphatic heterocycles. The summed E-state index contributed by atoms with van der Waals surface area (Å²) in [5.74, 6) is 2.76. The maximum absolute atomic E-state index is 8.44. The molecule has 82 valence electrons. The molecular weight excluding hydrogens is 182 g/mol. The van der Waals surface area contributed by atoms with Crippen LogP contribution in [0.5, 0.6) is 0 Å². The van der Waals surface area contributed by atoms with Gasteiger partial charge in [-0.15, -0.1) is 0 Å². The third-order valence-electron chi connectivity index (χ3n) is 4.08. The number of fused-ring (bicyclic) bond motifs is 2. The van der Waals surface area contributed by atoms with Gasteiger partial charge in [0.1, 0.15) is 0 Å². The van der Waals surface area contributed by atoms with E-state index in [4.69, 9.17) is 5.26 Å². The van der Waals surface area contributed by atoms with Gasteiger partial charge >= 0.3 is 0 Å². The molecule has 0 radical (unpaired) electrons. The van der Waals surface area contributed by atoms with Crippen LogP contribution in [0.25, 0.3) is 0 Å². The van der Waals surface area contributed by atoms with Gasteiger partial charge in [-0.1, -0.05) is 25.0 Å². The normalized spacial score (nSPS) is 32.9. The van der Waals surface area contributed by atoms with E-state index in [0.717, 1.165) is 30.6 Å². The van der Waals surface area contributed by atoms with Crippen LogP contribution in [-0.2, 0) is 0 Å². The smallest absolute Gasteiger partial charge is 0.0621 e. The van der Waals surface area contributed by atoms with Crippen molar-refractivity contribution in [2.75, 3.05) is 0 Å². The van der Waals surface area contributed by atoms with E-state index >= 15 is 0 Å². The van der Waals surface area contributed by atoms with Gasteiger partial charge in [-0.3, -0.25) is 0 Å². The number of nitrogens with zero attached hydrogens (tertiary/aromatic N) is 1. The van der Waals surface area contributed by atoms with E-state index in [9.17, 15) is 0 Å². The van der Waals surface area contributed by atoms with Crippen LogP contribution in [0.2, 0.25) is 0 Å². The summed E-state index contributed by atoms with van der Waals surface area (Å²) < 4.78 is 0. The zero-order valence-corrected chi connectivity index (χ0v) is 9.49. The number of allylic oxidation sites excluding steroid dienone is 2. The van der Waals surface area contributed by atoms with E-state index in [-0.39, 0.29) is 0 Å². The minimum atomic E-state index is 0.747.